The number of fused-ring (bicyclic) bond motifs is 1. The number of benzene rings is 3. The molecule has 0 unspecified atom stereocenters. The van der Waals surface area contributed by atoms with Crippen molar-refractivity contribution < 1.29 is 36.9 Å². The van der Waals surface area contributed by atoms with Crippen molar-refractivity contribution in [2.24, 2.45) is 0 Å². The van der Waals surface area contributed by atoms with E-state index in [0.29, 0.717) is 35.3 Å². The SMILES string of the molecule is CCOc1ccc(N(CC(=O)NC[C@@H]2COc3ccccc3O2)S(=O)(=O)c2ccc(OC)c(OC)c2)cc1. The third-order valence-electron chi connectivity index (χ3n) is 5.76. The van der Waals surface area contributed by atoms with Gasteiger partial charge in [0.05, 0.1) is 38.0 Å². The van der Waals surface area contributed by atoms with Crippen LogP contribution in [-0.4, -0.2) is 61.0 Å². The molecule has 4 rings (SSSR count). The molecule has 1 amide bonds. The molecule has 38 heavy (non-hydrogen) atoms. The third-order valence-corrected chi connectivity index (χ3v) is 7.53. The zero-order chi connectivity index (χ0) is 27.1. The van der Waals surface area contributed by atoms with E-state index >= 15 is 0 Å². The predicted molar refractivity (Wildman–Crippen MR) is 141 cm³/mol. The summed E-state index contributed by atoms with van der Waals surface area (Å²) in [6.45, 7) is 2.25. The van der Waals surface area contributed by atoms with E-state index in [2.05, 4.69) is 5.32 Å². The molecule has 3 aromatic carbocycles. The van der Waals surface area contributed by atoms with E-state index in [4.69, 9.17) is 23.7 Å². The zero-order valence-electron chi connectivity index (χ0n) is 21.4. The minimum absolute atomic E-state index is 0.0579. The van der Waals surface area contributed by atoms with Gasteiger partial charge in [0.1, 0.15) is 25.0 Å². The van der Waals surface area contributed by atoms with Crippen LogP contribution in [0.2, 0.25) is 0 Å². The van der Waals surface area contributed by atoms with Crippen LogP contribution in [0.1, 0.15) is 6.92 Å². The van der Waals surface area contributed by atoms with E-state index in [1.165, 1.54) is 32.4 Å². The normalized spacial score (nSPS) is 14.3. The van der Waals surface area contributed by atoms with Crippen LogP contribution in [0.3, 0.4) is 0 Å². The van der Waals surface area contributed by atoms with Crippen LogP contribution in [0.5, 0.6) is 28.7 Å². The summed E-state index contributed by atoms with van der Waals surface area (Å²) in [6.07, 6.45) is -0.421. The Bertz CT molecular complexity index is 1360. The Kier molecular flexibility index (Phi) is 8.47. The van der Waals surface area contributed by atoms with Crippen molar-refractivity contribution in [1.29, 1.82) is 0 Å². The number of sulfonamides is 1. The number of nitrogens with one attached hydrogen (secondary N) is 1. The highest BCUT2D eigenvalue weighted by molar-refractivity contribution is 7.92. The minimum Gasteiger partial charge on any atom is -0.494 e. The monoisotopic (exact) mass is 542 g/mol. The molecule has 0 saturated heterocycles. The number of carbonyl (C=O) groups is 1. The van der Waals surface area contributed by atoms with Crippen LogP contribution < -0.4 is 33.3 Å². The Morgan fingerprint density at radius 1 is 1.00 bits per heavy atom. The number of nitrogens with zero attached hydrogens (tertiary/aromatic N) is 1. The molecule has 0 fully saturated rings. The number of hydrogen-bond donors (Lipinski definition) is 1. The first-order valence-corrected chi connectivity index (χ1v) is 13.4. The molecule has 202 valence electrons. The van der Waals surface area contributed by atoms with E-state index in [1.807, 2.05) is 19.1 Å². The molecule has 3 aromatic rings. The quantitative estimate of drug-likeness (QED) is 0.393. The molecule has 10 nitrogen and oxygen atoms in total. The van der Waals surface area contributed by atoms with E-state index in [-0.39, 0.29) is 23.8 Å². The van der Waals surface area contributed by atoms with Crippen molar-refractivity contribution in [2.75, 3.05) is 44.8 Å². The summed E-state index contributed by atoms with van der Waals surface area (Å²) >= 11 is 0. The largest absolute Gasteiger partial charge is 0.494 e. The van der Waals surface area contributed by atoms with Gasteiger partial charge in [0, 0.05) is 6.07 Å². The molecule has 1 aliphatic heterocycles. The van der Waals surface area contributed by atoms with Gasteiger partial charge in [0.2, 0.25) is 5.91 Å². The van der Waals surface area contributed by atoms with Crippen molar-refractivity contribution >= 4 is 21.6 Å². The fourth-order valence-corrected chi connectivity index (χ4v) is 5.31. The van der Waals surface area contributed by atoms with Gasteiger partial charge in [-0.25, -0.2) is 8.42 Å². The molecule has 1 aliphatic rings. The Morgan fingerprint density at radius 3 is 2.39 bits per heavy atom. The van der Waals surface area contributed by atoms with Crippen molar-refractivity contribution in [2.45, 2.75) is 17.9 Å². The van der Waals surface area contributed by atoms with Crippen LogP contribution >= 0.6 is 0 Å². The molecule has 1 heterocycles. The highest BCUT2D eigenvalue weighted by atomic mass is 32.2. The molecular formula is C27H30N2O8S. The van der Waals surface area contributed by atoms with Crippen LogP contribution in [0.25, 0.3) is 0 Å². The number of anilines is 1. The van der Waals surface area contributed by atoms with Crippen LogP contribution in [0.15, 0.2) is 71.6 Å². The minimum atomic E-state index is -4.17. The lowest BCUT2D eigenvalue weighted by Gasteiger charge is -2.27. The van der Waals surface area contributed by atoms with Gasteiger partial charge < -0.3 is 29.0 Å². The number of rotatable bonds is 11. The van der Waals surface area contributed by atoms with Gasteiger partial charge in [-0.3, -0.25) is 9.10 Å². The van der Waals surface area contributed by atoms with Crippen molar-refractivity contribution in [1.82, 2.24) is 5.32 Å². The van der Waals surface area contributed by atoms with Gasteiger partial charge in [0.15, 0.2) is 23.0 Å². The summed E-state index contributed by atoms with van der Waals surface area (Å²) in [5, 5.41) is 2.76. The summed E-state index contributed by atoms with van der Waals surface area (Å²) in [5.41, 5.74) is 0.296. The van der Waals surface area contributed by atoms with Gasteiger partial charge in [-0.1, -0.05) is 12.1 Å². The molecule has 0 aromatic heterocycles. The number of para-hydroxylation sites is 2. The topological polar surface area (TPSA) is 113 Å². The van der Waals surface area contributed by atoms with Crippen LogP contribution in [0.4, 0.5) is 5.69 Å². The summed E-state index contributed by atoms with van der Waals surface area (Å²) < 4.78 is 56.1. The first-order valence-electron chi connectivity index (χ1n) is 12.0. The first-order chi connectivity index (χ1) is 18.3. The lowest BCUT2D eigenvalue weighted by Crippen LogP contribution is -2.45. The summed E-state index contributed by atoms with van der Waals surface area (Å²) in [6, 6.07) is 18.0. The number of ether oxygens (including phenoxy) is 5. The second-order valence-electron chi connectivity index (χ2n) is 8.26. The Morgan fingerprint density at radius 2 is 1.71 bits per heavy atom. The average Bonchev–Trinajstić information content (AvgIpc) is 2.94. The summed E-state index contributed by atoms with van der Waals surface area (Å²) in [4.78, 5) is 12.9. The van der Waals surface area contributed by atoms with Gasteiger partial charge in [-0.15, -0.1) is 0 Å². The maximum atomic E-state index is 13.8. The Hall–Kier alpha value is -4.12. The predicted octanol–water partition coefficient (Wildman–Crippen LogP) is 3.25. The number of hydrogen-bond acceptors (Lipinski definition) is 8. The fourth-order valence-electron chi connectivity index (χ4n) is 3.87. The standard InChI is InChI=1S/C27H30N2O8S/c1-4-35-20-11-9-19(10-12-20)29(38(31,32)22-13-14-23(33-2)26(15-22)34-3)17-27(30)28-16-21-18-36-24-7-5-6-8-25(24)37-21/h5-15,21H,4,16-18H2,1-3H3,(H,28,30)/t21-/m1/s1. The molecule has 0 spiro atoms. The lowest BCUT2D eigenvalue weighted by molar-refractivity contribution is -0.120. The van der Waals surface area contributed by atoms with Crippen LogP contribution in [-0.2, 0) is 14.8 Å². The number of carbonyl (C=O) groups excluding carboxylic acids is 1. The van der Waals surface area contributed by atoms with Crippen molar-refractivity contribution in [3.63, 3.8) is 0 Å². The molecule has 0 radical (unpaired) electrons. The lowest BCUT2D eigenvalue weighted by atomic mass is 10.2. The molecular weight excluding hydrogens is 512 g/mol. The van der Waals surface area contributed by atoms with Crippen molar-refractivity contribution in [3.8, 4) is 28.7 Å². The second kappa shape index (κ2) is 12.0. The molecule has 0 saturated carbocycles. The van der Waals surface area contributed by atoms with Gasteiger partial charge in [0.25, 0.3) is 10.0 Å². The highest BCUT2D eigenvalue weighted by Crippen LogP contribution is 2.33. The third kappa shape index (κ3) is 6.05. The molecule has 1 N–H and O–H groups in total. The first kappa shape index (κ1) is 26.9. The fraction of sp³-hybridized carbons (Fsp3) is 0.296. The van der Waals surface area contributed by atoms with E-state index in [1.54, 1.807) is 36.4 Å². The van der Waals surface area contributed by atoms with E-state index in [9.17, 15) is 13.2 Å². The molecule has 11 heteroatoms. The average molecular weight is 543 g/mol. The zero-order valence-corrected chi connectivity index (χ0v) is 22.2. The second-order valence-corrected chi connectivity index (χ2v) is 10.1. The maximum absolute atomic E-state index is 13.8. The number of methoxy groups -OCH3 is 2. The summed E-state index contributed by atoms with van der Waals surface area (Å²) in [5.74, 6) is 1.93. The smallest absolute Gasteiger partial charge is 0.264 e. The van der Waals surface area contributed by atoms with Crippen LogP contribution in [0, 0.1) is 0 Å². The van der Waals surface area contributed by atoms with Gasteiger partial charge in [-0.2, -0.15) is 0 Å². The van der Waals surface area contributed by atoms with Crippen molar-refractivity contribution in [3.05, 3.63) is 66.7 Å². The highest BCUT2D eigenvalue weighted by Gasteiger charge is 2.29. The maximum Gasteiger partial charge on any atom is 0.264 e. The molecule has 0 aliphatic carbocycles. The molecule has 1 atom stereocenters. The van der Waals surface area contributed by atoms with E-state index < -0.39 is 28.6 Å². The Labute approximate surface area is 222 Å². The van der Waals surface area contributed by atoms with Gasteiger partial charge >= 0.3 is 0 Å². The van der Waals surface area contributed by atoms with Gasteiger partial charge in [-0.05, 0) is 55.5 Å². The molecule has 0 bridgehead atoms. The Balaban J connectivity index is 1.55. The number of amides is 1. The van der Waals surface area contributed by atoms with E-state index in [0.717, 1.165) is 4.31 Å². The summed E-state index contributed by atoms with van der Waals surface area (Å²) in [7, 11) is -1.30.